The fraction of sp³-hybridized carbons (Fsp3) is 0.444. The van der Waals surface area contributed by atoms with Gasteiger partial charge in [0.05, 0.1) is 29.4 Å². The van der Waals surface area contributed by atoms with Crippen molar-refractivity contribution in [3.05, 3.63) is 24.0 Å². The van der Waals surface area contributed by atoms with E-state index in [4.69, 9.17) is 4.74 Å². The third-order valence-electron chi connectivity index (χ3n) is 1.68. The maximum Gasteiger partial charge on any atom is 0.253 e. The summed E-state index contributed by atoms with van der Waals surface area (Å²) in [5.74, 6) is -0.162. The van der Waals surface area contributed by atoms with Gasteiger partial charge in [-0.3, -0.25) is 4.79 Å². The molecular formula is C9H12BrN3O2. The van der Waals surface area contributed by atoms with Gasteiger partial charge in [-0.1, -0.05) is 15.9 Å². The van der Waals surface area contributed by atoms with Crippen LogP contribution in [0.5, 0.6) is 0 Å². The average Bonchev–Trinajstić information content (AvgIpc) is 2.27. The number of aromatic nitrogens is 2. The Balaban J connectivity index is 2.37. The van der Waals surface area contributed by atoms with Crippen LogP contribution >= 0.6 is 15.9 Å². The minimum absolute atomic E-state index is 0.112. The highest BCUT2D eigenvalue weighted by molar-refractivity contribution is 9.09. The fourth-order valence-electron chi connectivity index (χ4n) is 0.970. The molecule has 1 aromatic heterocycles. The summed E-state index contributed by atoms with van der Waals surface area (Å²) < 4.78 is 4.92. The van der Waals surface area contributed by atoms with Gasteiger partial charge >= 0.3 is 0 Å². The second kappa shape index (κ2) is 6.47. The van der Waals surface area contributed by atoms with E-state index < -0.39 is 0 Å². The van der Waals surface area contributed by atoms with Crippen LogP contribution < -0.4 is 5.32 Å². The van der Waals surface area contributed by atoms with E-state index in [2.05, 4.69) is 31.4 Å². The molecule has 0 radical (unpaired) electrons. The molecule has 5 nitrogen and oxygen atoms in total. The third-order valence-corrected chi connectivity index (χ3v) is 2.27. The number of rotatable bonds is 5. The molecule has 0 saturated heterocycles. The van der Waals surface area contributed by atoms with Crippen LogP contribution in [-0.4, -0.2) is 41.2 Å². The van der Waals surface area contributed by atoms with Crippen molar-refractivity contribution in [2.45, 2.75) is 4.83 Å². The minimum Gasteiger partial charge on any atom is -0.383 e. The van der Waals surface area contributed by atoms with Gasteiger partial charge in [0.2, 0.25) is 0 Å². The van der Waals surface area contributed by atoms with Crippen molar-refractivity contribution in [3.63, 3.8) is 0 Å². The normalized spacial score (nSPS) is 12.1. The van der Waals surface area contributed by atoms with Crippen LogP contribution in [0.4, 0.5) is 0 Å². The van der Waals surface area contributed by atoms with Crippen molar-refractivity contribution in [1.82, 2.24) is 15.5 Å². The van der Waals surface area contributed by atoms with Gasteiger partial charge in [-0.2, -0.15) is 10.2 Å². The van der Waals surface area contributed by atoms with Crippen LogP contribution in [0.2, 0.25) is 0 Å². The first kappa shape index (κ1) is 12.1. The zero-order valence-electron chi connectivity index (χ0n) is 8.31. The molecule has 0 bridgehead atoms. The molecule has 0 fully saturated rings. The first-order valence-electron chi connectivity index (χ1n) is 4.42. The second-order valence-corrected chi connectivity index (χ2v) is 4.19. The first-order valence-corrected chi connectivity index (χ1v) is 5.33. The summed E-state index contributed by atoms with van der Waals surface area (Å²) in [6.45, 7) is 1.06. The van der Waals surface area contributed by atoms with Crippen molar-refractivity contribution in [3.8, 4) is 0 Å². The van der Waals surface area contributed by atoms with Gasteiger partial charge < -0.3 is 10.1 Å². The number of halogens is 1. The highest BCUT2D eigenvalue weighted by Crippen LogP contribution is 1.99. The van der Waals surface area contributed by atoms with Gasteiger partial charge in [0.25, 0.3) is 5.91 Å². The Morgan fingerprint density at radius 2 is 2.47 bits per heavy atom. The molecule has 1 heterocycles. The first-order chi connectivity index (χ1) is 7.24. The lowest BCUT2D eigenvalue weighted by Gasteiger charge is -2.09. The Hall–Kier alpha value is -1.01. The number of methoxy groups -OCH3 is 1. The highest BCUT2D eigenvalue weighted by atomic mass is 79.9. The van der Waals surface area contributed by atoms with Crippen LogP contribution in [0, 0.1) is 0 Å². The topological polar surface area (TPSA) is 64.1 Å². The lowest BCUT2D eigenvalue weighted by molar-refractivity contribution is 0.0949. The summed E-state index contributed by atoms with van der Waals surface area (Å²) in [4.78, 5) is 11.6. The number of carbonyl (C=O) groups excluding carboxylic acids is 1. The van der Waals surface area contributed by atoms with Gasteiger partial charge in [-0.05, 0) is 6.07 Å². The molecular weight excluding hydrogens is 262 g/mol. The number of hydrogen-bond acceptors (Lipinski definition) is 4. The summed E-state index contributed by atoms with van der Waals surface area (Å²) in [5, 5.41) is 9.97. The lowest BCUT2D eigenvalue weighted by Crippen LogP contribution is -2.31. The molecule has 1 aromatic rings. The van der Waals surface area contributed by atoms with E-state index in [9.17, 15) is 4.79 Å². The SMILES string of the molecule is COCC(Br)CNC(=O)c1ccnnc1. The molecule has 0 aliphatic carbocycles. The Morgan fingerprint density at radius 3 is 3.07 bits per heavy atom. The van der Waals surface area contributed by atoms with E-state index >= 15 is 0 Å². The monoisotopic (exact) mass is 273 g/mol. The number of hydrogen-bond donors (Lipinski definition) is 1. The smallest absolute Gasteiger partial charge is 0.253 e. The van der Waals surface area contributed by atoms with Gasteiger partial charge in [-0.25, -0.2) is 0 Å². The molecule has 0 aromatic carbocycles. The maximum absolute atomic E-state index is 11.5. The number of nitrogens with one attached hydrogen (secondary N) is 1. The van der Waals surface area contributed by atoms with Gasteiger partial charge in [0, 0.05) is 13.7 Å². The van der Waals surface area contributed by atoms with Crippen LogP contribution in [0.15, 0.2) is 18.5 Å². The summed E-state index contributed by atoms with van der Waals surface area (Å²) in [6, 6.07) is 1.61. The van der Waals surface area contributed by atoms with E-state index in [0.29, 0.717) is 18.7 Å². The molecule has 82 valence electrons. The summed E-state index contributed by atoms with van der Waals surface area (Å²) >= 11 is 3.37. The molecule has 6 heteroatoms. The standard InChI is InChI=1S/C9H12BrN3O2/c1-15-6-8(10)5-11-9(14)7-2-3-12-13-4-7/h2-4,8H,5-6H2,1H3,(H,11,14). The predicted molar refractivity (Wildman–Crippen MR) is 59.0 cm³/mol. The number of carbonyl (C=O) groups is 1. The zero-order valence-corrected chi connectivity index (χ0v) is 9.90. The summed E-state index contributed by atoms with van der Waals surface area (Å²) in [5.41, 5.74) is 0.502. The molecule has 0 spiro atoms. The van der Waals surface area contributed by atoms with E-state index in [1.54, 1.807) is 13.2 Å². The van der Waals surface area contributed by atoms with Crippen molar-refractivity contribution < 1.29 is 9.53 Å². The van der Waals surface area contributed by atoms with Crippen LogP contribution in [-0.2, 0) is 4.74 Å². The fourth-order valence-corrected chi connectivity index (χ4v) is 1.40. The average molecular weight is 274 g/mol. The molecule has 1 unspecified atom stereocenters. The number of alkyl halides is 1. The van der Waals surface area contributed by atoms with Crippen molar-refractivity contribution in [2.75, 3.05) is 20.3 Å². The molecule has 1 N–H and O–H groups in total. The van der Waals surface area contributed by atoms with Gasteiger partial charge in [0.15, 0.2) is 0 Å². The summed E-state index contributed by atoms with van der Waals surface area (Å²) in [7, 11) is 1.61. The van der Waals surface area contributed by atoms with Gasteiger partial charge in [-0.15, -0.1) is 0 Å². The molecule has 0 saturated carbocycles. The number of nitrogens with zero attached hydrogens (tertiary/aromatic N) is 2. The largest absolute Gasteiger partial charge is 0.383 e. The highest BCUT2D eigenvalue weighted by Gasteiger charge is 2.08. The van der Waals surface area contributed by atoms with Crippen molar-refractivity contribution in [2.24, 2.45) is 0 Å². The van der Waals surface area contributed by atoms with E-state index in [1.165, 1.54) is 12.4 Å². The van der Waals surface area contributed by atoms with Crippen LogP contribution in [0.1, 0.15) is 10.4 Å². The quantitative estimate of drug-likeness (QED) is 0.799. The Bertz CT molecular complexity index is 307. The molecule has 0 aliphatic heterocycles. The lowest BCUT2D eigenvalue weighted by atomic mass is 10.3. The van der Waals surface area contributed by atoms with Crippen LogP contribution in [0.3, 0.4) is 0 Å². The second-order valence-electron chi connectivity index (χ2n) is 2.89. The maximum atomic E-state index is 11.5. The molecule has 0 aliphatic rings. The Labute approximate surface area is 96.4 Å². The number of ether oxygens (including phenoxy) is 1. The Kier molecular flexibility index (Phi) is 5.20. The zero-order chi connectivity index (χ0) is 11.1. The third kappa shape index (κ3) is 4.35. The Morgan fingerprint density at radius 1 is 1.67 bits per heavy atom. The van der Waals surface area contributed by atoms with Gasteiger partial charge in [0.1, 0.15) is 0 Å². The number of amides is 1. The van der Waals surface area contributed by atoms with E-state index in [1.807, 2.05) is 0 Å². The van der Waals surface area contributed by atoms with E-state index in [-0.39, 0.29) is 10.7 Å². The van der Waals surface area contributed by atoms with Crippen molar-refractivity contribution >= 4 is 21.8 Å². The predicted octanol–water partition coefficient (Wildman–Crippen LogP) is 0.616. The summed E-state index contributed by atoms with van der Waals surface area (Å²) in [6.07, 6.45) is 2.91. The van der Waals surface area contributed by atoms with Crippen LogP contribution in [0.25, 0.3) is 0 Å². The van der Waals surface area contributed by atoms with E-state index in [0.717, 1.165) is 0 Å². The molecule has 1 rings (SSSR count). The molecule has 1 atom stereocenters. The molecule has 15 heavy (non-hydrogen) atoms. The van der Waals surface area contributed by atoms with Crippen molar-refractivity contribution in [1.29, 1.82) is 0 Å². The molecule has 1 amide bonds. The minimum atomic E-state index is -0.162.